The van der Waals surface area contributed by atoms with Gasteiger partial charge in [-0.05, 0) is 31.0 Å². The fourth-order valence-corrected chi connectivity index (χ4v) is 2.52. The van der Waals surface area contributed by atoms with Crippen LogP contribution in [0.15, 0.2) is 28.7 Å². The summed E-state index contributed by atoms with van der Waals surface area (Å²) in [4.78, 5) is 24.5. The molecule has 0 aliphatic carbocycles. The molecule has 2 rings (SSSR count). The lowest BCUT2D eigenvalue weighted by molar-refractivity contribution is -0.141. The topological polar surface area (TPSA) is 69.6 Å². The summed E-state index contributed by atoms with van der Waals surface area (Å²) >= 11 is 3.37. The molecule has 1 fully saturated rings. The van der Waals surface area contributed by atoms with Crippen molar-refractivity contribution < 1.29 is 14.7 Å². The van der Waals surface area contributed by atoms with Gasteiger partial charge >= 0.3 is 12.0 Å². The Morgan fingerprint density at radius 1 is 1.40 bits per heavy atom. The standard InChI is InChI=1S/C14H17BrN2O3/c1-9(10-2-4-12(15)5-3-10)16-14(20)17-7-6-11(8-17)13(18)19/h2-5,9,11H,6-8H2,1H3,(H,16,20)(H,18,19). The zero-order chi connectivity index (χ0) is 14.7. The van der Waals surface area contributed by atoms with Gasteiger partial charge < -0.3 is 15.3 Å². The van der Waals surface area contributed by atoms with E-state index in [2.05, 4.69) is 21.2 Å². The number of nitrogens with one attached hydrogen (secondary N) is 1. The third-order valence-corrected chi connectivity index (χ3v) is 4.06. The summed E-state index contributed by atoms with van der Waals surface area (Å²) in [5.41, 5.74) is 1.01. The fraction of sp³-hybridized carbons (Fsp3) is 0.429. The Morgan fingerprint density at radius 2 is 2.05 bits per heavy atom. The Kier molecular flexibility index (Phi) is 4.65. The molecule has 1 aliphatic rings. The molecule has 0 saturated carbocycles. The van der Waals surface area contributed by atoms with E-state index in [0.29, 0.717) is 13.0 Å². The number of benzene rings is 1. The van der Waals surface area contributed by atoms with Crippen molar-refractivity contribution >= 4 is 27.9 Å². The molecule has 2 amide bonds. The van der Waals surface area contributed by atoms with Gasteiger partial charge in [0, 0.05) is 17.6 Å². The van der Waals surface area contributed by atoms with Gasteiger partial charge in [0.25, 0.3) is 0 Å². The lowest BCUT2D eigenvalue weighted by Crippen LogP contribution is -2.40. The first-order chi connectivity index (χ1) is 9.47. The number of carboxylic acid groups (broad SMARTS) is 1. The van der Waals surface area contributed by atoms with Crippen LogP contribution in [0.1, 0.15) is 24.9 Å². The minimum Gasteiger partial charge on any atom is -0.481 e. The maximum atomic E-state index is 12.1. The molecule has 20 heavy (non-hydrogen) atoms. The third-order valence-electron chi connectivity index (χ3n) is 3.53. The Bertz CT molecular complexity index is 504. The molecule has 2 unspecified atom stereocenters. The Balaban J connectivity index is 1.91. The van der Waals surface area contributed by atoms with Crippen molar-refractivity contribution in [2.45, 2.75) is 19.4 Å². The van der Waals surface area contributed by atoms with Gasteiger partial charge in [-0.2, -0.15) is 0 Å². The van der Waals surface area contributed by atoms with E-state index in [9.17, 15) is 9.59 Å². The molecular weight excluding hydrogens is 324 g/mol. The van der Waals surface area contributed by atoms with Crippen LogP contribution in [0.4, 0.5) is 4.79 Å². The Morgan fingerprint density at radius 3 is 2.60 bits per heavy atom. The van der Waals surface area contributed by atoms with Crippen LogP contribution in [-0.2, 0) is 4.79 Å². The van der Waals surface area contributed by atoms with E-state index in [4.69, 9.17) is 5.11 Å². The summed E-state index contributed by atoms with van der Waals surface area (Å²) in [5.74, 6) is -1.27. The van der Waals surface area contributed by atoms with Crippen molar-refractivity contribution in [1.29, 1.82) is 0 Å². The van der Waals surface area contributed by atoms with Crippen LogP contribution in [0.3, 0.4) is 0 Å². The fourth-order valence-electron chi connectivity index (χ4n) is 2.26. The number of halogens is 1. The molecule has 6 heteroatoms. The van der Waals surface area contributed by atoms with Crippen LogP contribution >= 0.6 is 15.9 Å². The Hall–Kier alpha value is -1.56. The number of carbonyl (C=O) groups excluding carboxylic acids is 1. The predicted octanol–water partition coefficient (Wildman–Crippen LogP) is 2.63. The summed E-state index contributed by atoms with van der Waals surface area (Å²) < 4.78 is 0.989. The smallest absolute Gasteiger partial charge is 0.317 e. The molecule has 0 spiro atoms. The van der Waals surface area contributed by atoms with Gasteiger partial charge in [0.2, 0.25) is 0 Å². The number of carbonyl (C=O) groups is 2. The van der Waals surface area contributed by atoms with Crippen LogP contribution in [0.25, 0.3) is 0 Å². The zero-order valence-electron chi connectivity index (χ0n) is 11.2. The number of hydrogen-bond acceptors (Lipinski definition) is 2. The van der Waals surface area contributed by atoms with Gasteiger partial charge in [-0.1, -0.05) is 28.1 Å². The molecule has 1 aliphatic heterocycles. The lowest BCUT2D eigenvalue weighted by Gasteiger charge is -2.21. The first kappa shape index (κ1) is 14.8. The highest BCUT2D eigenvalue weighted by Gasteiger charge is 2.31. The van der Waals surface area contributed by atoms with E-state index < -0.39 is 11.9 Å². The quantitative estimate of drug-likeness (QED) is 0.888. The van der Waals surface area contributed by atoms with E-state index in [1.807, 2.05) is 31.2 Å². The summed E-state index contributed by atoms with van der Waals surface area (Å²) in [7, 11) is 0. The first-order valence-corrected chi connectivity index (χ1v) is 7.30. The largest absolute Gasteiger partial charge is 0.481 e. The number of likely N-dealkylation sites (tertiary alicyclic amines) is 1. The molecule has 1 aromatic carbocycles. The molecule has 1 saturated heterocycles. The average Bonchev–Trinajstić information content (AvgIpc) is 2.89. The van der Waals surface area contributed by atoms with Crippen molar-refractivity contribution in [2.24, 2.45) is 5.92 Å². The van der Waals surface area contributed by atoms with Crippen molar-refractivity contribution in [1.82, 2.24) is 10.2 Å². The second-order valence-corrected chi connectivity index (χ2v) is 5.91. The molecule has 2 atom stereocenters. The van der Waals surface area contributed by atoms with E-state index >= 15 is 0 Å². The molecule has 2 N–H and O–H groups in total. The first-order valence-electron chi connectivity index (χ1n) is 6.51. The molecule has 0 bridgehead atoms. The summed E-state index contributed by atoms with van der Waals surface area (Å²) in [5, 5.41) is 11.8. The van der Waals surface area contributed by atoms with E-state index in [1.54, 1.807) is 4.90 Å². The van der Waals surface area contributed by atoms with Gasteiger partial charge in [-0.15, -0.1) is 0 Å². The number of amides is 2. The highest BCUT2D eigenvalue weighted by atomic mass is 79.9. The molecule has 1 heterocycles. The number of nitrogens with zero attached hydrogens (tertiary/aromatic N) is 1. The summed E-state index contributed by atoms with van der Waals surface area (Å²) in [6.07, 6.45) is 0.523. The van der Waals surface area contributed by atoms with Gasteiger partial charge in [0.1, 0.15) is 0 Å². The normalized spacial score (nSPS) is 19.7. The van der Waals surface area contributed by atoms with Gasteiger partial charge in [0.15, 0.2) is 0 Å². The number of aliphatic carboxylic acids is 1. The minimum atomic E-state index is -0.832. The number of rotatable bonds is 3. The molecule has 1 aromatic rings. The van der Waals surface area contributed by atoms with Crippen LogP contribution in [0.2, 0.25) is 0 Å². The minimum absolute atomic E-state index is 0.112. The zero-order valence-corrected chi connectivity index (χ0v) is 12.8. The number of carboxylic acids is 1. The van der Waals surface area contributed by atoms with Crippen LogP contribution in [0, 0.1) is 5.92 Å². The molecule has 5 nitrogen and oxygen atoms in total. The average molecular weight is 341 g/mol. The van der Waals surface area contributed by atoms with Gasteiger partial charge in [-0.3, -0.25) is 4.79 Å². The SMILES string of the molecule is CC(NC(=O)N1CCC(C(=O)O)C1)c1ccc(Br)cc1. The van der Waals surface area contributed by atoms with Crippen molar-refractivity contribution in [3.8, 4) is 0 Å². The van der Waals surface area contributed by atoms with Crippen molar-refractivity contribution in [3.63, 3.8) is 0 Å². The van der Waals surface area contributed by atoms with E-state index in [1.165, 1.54) is 0 Å². The molecule has 0 radical (unpaired) electrons. The van der Waals surface area contributed by atoms with Gasteiger partial charge in [0.05, 0.1) is 12.0 Å². The molecule has 108 valence electrons. The van der Waals surface area contributed by atoms with Crippen LogP contribution in [0.5, 0.6) is 0 Å². The van der Waals surface area contributed by atoms with Crippen LogP contribution in [-0.4, -0.2) is 35.1 Å². The molecular formula is C14H17BrN2O3. The maximum absolute atomic E-state index is 12.1. The second-order valence-electron chi connectivity index (χ2n) is 4.99. The Labute approximate surface area is 126 Å². The monoisotopic (exact) mass is 340 g/mol. The third kappa shape index (κ3) is 3.50. The van der Waals surface area contributed by atoms with Crippen molar-refractivity contribution in [2.75, 3.05) is 13.1 Å². The maximum Gasteiger partial charge on any atom is 0.317 e. The van der Waals surface area contributed by atoms with E-state index in [0.717, 1.165) is 10.0 Å². The lowest BCUT2D eigenvalue weighted by atomic mass is 10.1. The number of urea groups is 1. The highest BCUT2D eigenvalue weighted by Crippen LogP contribution is 2.19. The second kappa shape index (κ2) is 6.26. The summed E-state index contributed by atoms with van der Waals surface area (Å²) in [6, 6.07) is 7.42. The van der Waals surface area contributed by atoms with E-state index in [-0.39, 0.29) is 18.6 Å². The molecule has 0 aromatic heterocycles. The predicted molar refractivity (Wildman–Crippen MR) is 78.4 cm³/mol. The van der Waals surface area contributed by atoms with Crippen molar-refractivity contribution in [3.05, 3.63) is 34.3 Å². The highest BCUT2D eigenvalue weighted by molar-refractivity contribution is 9.10. The van der Waals surface area contributed by atoms with Crippen LogP contribution < -0.4 is 5.32 Å². The summed E-state index contributed by atoms with van der Waals surface area (Å²) in [6.45, 7) is 2.69. The van der Waals surface area contributed by atoms with Gasteiger partial charge in [-0.25, -0.2) is 4.79 Å². The number of hydrogen-bond donors (Lipinski definition) is 2.